The molecule has 0 radical (unpaired) electrons. The Kier molecular flexibility index (Phi) is 12.0. The van der Waals surface area contributed by atoms with Gasteiger partial charge in [-0.2, -0.15) is 0 Å². The summed E-state index contributed by atoms with van der Waals surface area (Å²) in [6, 6.07) is 5.50. The summed E-state index contributed by atoms with van der Waals surface area (Å²) < 4.78 is 27.7. The van der Waals surface area contributed by atoms with Crippen LogP contribution in [0, 0.1) is 18.6 Å². The molecule has 0 bridgehead atoms. The molecule has 0 saturated carbocycles. The van der Waals surface area contributed by atoms with Crippen molar-refractivity contribution in [2.45, 2.75) is 78.2 Å². The molecule has 0 aliphatic carbocycles. The fourth-order valence-electron chi connectivity index (χ4n) is 4.51. The number of carbonyl (C=O) groups is 3. The number of halogens is 2. The summed E-state index contributed by atoms with van der Waals surface area (Å²) in [6.45, 7) is 9.58. The lowest BCUT2D eigenvalue weighted by molar-refractivity contribution is -0.121. The van der Waals surface area contributed by atoms with Crippen LogP contribution in [-0.4, -0.2) is 70.2 Å². The maximum Gasteiger partial charge on any atom is 0.253 e. The van der Waals surface area contributed by atoms with E-state index in [1.165, 1.54) is 19.9 Å². The third-order valence-electron chi connectivity index (χ3n) is 6.26. The molecule has 0 spiro atoms. The number of hydrogen-bond donors (Lipinski definition) is 4. The van der Waals surface area contributed by atoms with E-state index in [1.807, 2.05) is 13.8 Å². The second-order valence-electron chi connectivity index (χ2n) is 9.91. The maximum absolute atomic E-state index is 13.9. The van der Waals surface area contributed by atoms with Crippen molar-refractivity contribution in [2.24, 2.45) is 0 Å². The Hall–Kier alpha value is -3.37. The summed E-state index contributed by atoms with van der Waals surface area (Å²) in [5, 5.41) is 26.8. The molecule has 0 saturated heterocycles. The molecular weight excluding hydrogens is 508 g/mol. The molecule has 2 aromatic rings. The van der Waals surface area contributed by atoms with Gasteiger partial charge >= 0.3 is 0 Å². The van der Waals surface area contributed by atoms with E-state index in [0.717, 1.165) is 25.0 Å². The topological polar surface area (TPSA) is 119 Å². The predicted molar refractivity (Wildman–Crippen MR) is 144 cm³/mol. The number of benzene rings is 2. The Bertz CT molecular complexity index is 1130. The zero-order valence-electron chi connectivity index (χ0n) is 23.1. The van der Waals surface area contributed by atoms with Gasteiger partial charge in [0, 0.05) is 37.2 Å². The van der Waals surface area contributed by atoms with Gasteiger partial charge in [0.15, 0.2) is 0 Å². The fraction of sp³-hybridized carbons (Fsp3) is 0.483. The third kappa shape index (κ3) is 9.40. The molecule has 39 heavy (non-hydrogen) atoms. The van der Waals surface area contributed by atoms with Crippen molar-refractivity contribution in [1.29, 1.82) is 0 Å². The van der Waals surface area contributed by atoms with Crippen LogP contribution in [0.2, 0.25) is 0 Å². The van der Waals surface area contributed by atoms with Gasteiger partial charge < -0.3 is 25.7 Å². The van der Waals surface area contributed by atoms with Crippen molar-refractivity contribution in [3.8, 4) is 0 Å². The molecule has 0 unspecified atom stereocenters. The molecule has 3 amide bonds. The normalized spacial score (nSPS) is 14.2. The van der Waals surface area contributed by atoms with Crippen LogP contribution in [0.15, 0.2) is 36.4 Å². The van der Waals surface area contributed by atoms with Gasteiger partial charge in [0.2, 0.25) is 5.91 Å². The van der Waals surface area contributed by atoms with E-state index in [4.69, 9.17) is 0 Å². The number of rotatable bonds is 13. The summed E-state index contributed by atoms with van der Waals surface area (Å²) in [5.41, 5.74) is 1.30. The van der Waals surface area contributed by atoms with Crippen molar-refractivity contribution in [3.63, 3.8) is 0 Å². The SMILES string of the molecule is CCCN(CCC)C(=O)c1cc(C)cc(C(=O)N[C@H](Cc2cc(F)cc(F)c2)[C@@H](O)[C@H](O)[C@H](C)NC(C)=O)c1. The third-order valence-corrected chi connectivity index (χ3v) is 6.26. The number of nitrogens with one attached hydrogen (secondary N) is 2. The van der Waals surface area contributed by atoms with Crippen LogP contribution in [0.1, 0.15) is 72.4 Å². The lowest BCUT2D eigenvalue weighted by Gasteiger charge is -2.31. The molecule has 214 valence electrons. The molecule has 2 aromatic carbocycles. The Labute approximate surface area is 228 Å². The fourth-order valence-corrected chi connectivity index (χ4v) is 4.51. The highest BCUT2D eigenvalue weighted by Gasteiger charge is 2.32. The van der Waals surface area contributed by atoms with Crippen LogP contribution < -0.4 is 10.6 Å². The quantitative estimate of drug-likeness (QED) is 0.307. The lowest BCUT2D eigenvalue weighted by Crippen LogP contribution is -2.55. The Balaban J connectivity index is 2.39. The molecule has 4 N–H and O–H groups in total. The van der Waals surface area contributed by atoms with E-state index >= 15 is 0 Å². The van der Waals surface area contributed by atoms with Crippen molar-refractivity contribution in [2.75, 3.05) is 13.1 Å². The van der Waals surface area contributed by atoms with Crippen molar-refractivity contribution in [1.82, 2.24) is 15.5 Å². The van der Waals surface area contributed by atoms with Crippen LogP contribution in [-0.2, 0) is 11.2 Å². The maximum atomic E-state index is 13.9. The molecule has 2 rings (SSSR count). The molecule has 0 heterocycles. The highest BCUT2D eigenvalue weighted by molar-refractivity contribution is 6.00. The number of aliphatic hydroxyl groups excluding tert-OH is 2. The zero-order chi connectivity index (χ0) is 29.3. The van der Waals surface area contributed by atoms with Gasteiger partial charge in [-0.25, -0.2) is 8.78 Å². The van der Waals surface area contributed by atoms with Gasteiger partial charge in [0.25, 0.3) is 11.8 Å². The van der Waals surface area contributed by atoms with Gasteiger partial charge in [-0.1, -0.05) is 13.8 Å². The molecule has 0 aliphatic rings. The van der Waals surface area contributed by atoms with E-state index in [2.05, 4.69) is 10.6 Å². The summed E-state index contributed by atoms with van der Waals surface area (Å²) in [7, 11) is 0. The van der Waals surface area contributed by atoms with E-state index in [9.17, 15) is 33.4 Å². The van der Waals surface area contributed by atoms with Gasteiger partial charge in [-0.3, -0.25) is 14.4 Å². The first-order chi connectivity index (χ1) is 18.4. The first-order valence-electron chi connectivity index (χ1n) is 13.2. The smallest absolute Gasteiger partial charge is 0.253 e. The van der Waals surface area contributed by atoms with Crippen LogP contribution in [0.4, 0.5) is 8.78 Å². The molecule has 10 heteroatoms. The number of carbonyl (C=O) groups excluding carboxylic acids is 3. The highest BCUT2D eigenvalue weighted by Crippen LogP contribution is 2.17. The molecule has 0 fully saturated rings. The van der Waals surface area contributed by atoms with E-state index < -0.39 is 47.7 Å². The average molecular weight is 548 g/mol. The Morgan fingerprint density at radius 2 is 1.44 bits per heavy atom. The minimum atomic E-state index is -1.61. The van der Waals surface area contributed by atoms with Crippen LogP contribution in [0.3, 0.4) is 0 Å². The first kappa shape index (κ1) is 31.8. The van der Waals surface area contributed by atoms with E-state index in [1.54, 1.807) is 24.0 Å². The second-order valence-corrected chi connectivity index (χ2v) is 9.91. The number of aryl methyl sites for hydroxylation is 1. The second kappa shape index (κ2) is 14.7. The van der Waals surface area contributed by atoms with Crippen molar-refractivity contribution < 1.29 is 33.4 Å². The van der Waals surface area contributed by atoms with Crippen LogP contribution in [0.5, 0.6) is 0 Å². The average Bonchev–Trinajstić information content (AvgIpc) is 2.85. The number of aliphatic hydroxyl groups is 2. The zero-order valence-corrected chi connectivity index (χ0v) is 23.1. The highest BCUT2D eigenvalue weighted by atomic mass is 19.1. The number of nitrogens with zero attached hydrogens (tertiary/aromatic N) is 1. The lowest BCUT2D eigenvalue weighted by atomic mass is 9.94. The van der Waals surface area contributed by atoms with Gasteiger partial charge in [0.05, 0.1) is 12.1 Å². The van der Waals surface area contributed by atoms with Gasteiger partial charge in [-0.15, -0.1) is 0 Å². The molecular formula is C29H39F2N3O5. The van der Waals surface area contributed by atoms with Crippen LogP contribution >= 0.6 is 0 Å². The minimum Gasteiger partial charge on any atom is -0.388 e. The molecule has 8 nitrogen and oxygen atoms in total. The van der Waals surface area contributed by atoms with Crippen molar-refractivity contribution in [3.05, 3.63) is 70.3 Å². The Morgan fingerprint density at radius 3 is 1.97 bits per heavy atom. The molecule has 4 atom stereocenters. The first-order valence-corrected chi connectivity index (χ1v) is 13.2. The monoisotopic (exact) mass is 547 g/mol. The summed E-state index contributed by atoms with van der Waals surface area (Å²) >= 11 is 0. The van der Waals surface area contributed by atoms with Gasteiger partial charge in [0.1, 0.15) is 23.8 Å². The number of amides is 3. The summed E-state index contributed by atoms with van der Waals surface area (Å²) in [6.07, 6.45) is -1.78. The Morgan fingerprint density at radius 1 is 0.872 bits per heavy atom. The van der Waals surface area contributed by atoms with E-state index in [-0.39, 0.29) is 23.5 Å². The minimum absolute atomic E-state index is 0.145. The van der Waals surface area contributed by atoms with Gasteiger partial charge in [-0.05, 0) is 74.6 Å². The summed E-state index contributed by atoms with van der Waals surface area (Å²) in [4.78, 5) is 39.7. The largest absolute Gasteiger partial charge is 0.388 e. The van der Waals surface area contributed by atoms with E-state index in [0.29, 0.717) is 30.3 Å². The number of hydrogen-bond acceptors (Lipinski definition) is 5. The molecule has 0 aliphatic heterocycles. The summed E-state index contributed by atoms with van der Waals surface area (Å²) in [5.74, 6) is -2.95. The molecule has 0 aromatic heterocycles. The predicted octanol–water partition coefficient (Wildman–Crippen LogP) is 3.12. The van der Waals surface area contributed by atoms with Crippen LogP contribution in [0.25, 0.3) is 0 Å². The van der Waals surface area contributed by atoms with Crippen molar-refractivity contribution >= 4 is 17.7 Å². The standard InChI is InChI=1S/C29H39F2N3O5/c1-6-8-34(9-7-2)29(39)22-11-17(3)10-21(15-22)28(38)33-25(14-20-12-23(30)16-24(31)13-20)27(37)26(36)18(4)32-19(5)35/h10-13,15-16,18,25-27,36-37H,6-9,14H2,1-5H3,(H,32,35)(H,33,38)/t18-,25+,26+,27+/m0/s1.